The van der Waals surface area contributed by atoms with Crippen molar-refractivity contribution in [1.29, 1.82) is 0 Å². The van der Waals surface area contributed by atoms with Crippen LogP contribution >= 0.6 is 0 Å². The lowest BCUT2D eigenvalue weighted by Crippen LogP contribution is -1.88. The Bertz CT molecular complexity index is 446. The molecule has 78 valence electrons. The van der Waals surface area contributed by atoms with Gasteiger partial charge in [0.1, 0.15) is 0 Å². The molecule has 0 aliphatic rings. The first kappa shape index (κ1) is 9.77. The molecule has 0 saturated carbocycles. The second-order valence-corrected chi connectivity index (χ2v) is 3.77. The van der Waals surface area contributed by atoms with Gasteiger partial charge in [0.25, 0.3) is 5.88 Å². The second-order valence-electron chi connectivity index (χ2n) is 3.77. The Balaban J connectivity index is 2.54. The standard InChI is InChI=1S/C12H13NO2/c1-8(2)10-11(15-13-12(10)14)9-6-4-3-5-7-9/h3-8H,1-2H3,(H,13,14). The maximum Gasteiger partial charge on any atom is 0.255 e. The maximum absolute atomic E-state index is 9.56. The summed E-state index contributed by atoms with van der Waals surface area (Å²) in [5.41, 5.74) is 1.70. The third-order valence-electron chi connectivity index (χ3n) is 2.32. The molecule has 0 saturated heterocycles. The summed E-state index contributed by atoms with van der Waals surface area (Å²) in [7, 11) is 0. The van der Waals surface area contributed by atoms with E-state index in [0.717, 1.165) is 11.1 Å². The van der Waals surface area contributed by atoms with Gasteiger partial charge >= 0.3 is 0 Å². The third-order valence-corrected chi connectivity index (χ3v) is 2.32. The molecule has 1 aromatic heterocycles. The van der Waals surface area contributed by atoms with E-state index in [9.17, 15) is 5.11 Å². The number of hydrogen-bond donors (Lipinski definition) is 1. The molecule has 3 nitrogen and oxygen atoms in total. The Morgan fingerprint density at radius 2 is 1.87 bits per heavy atom. The molecule has 3 heteroatoms. The molecule has 0 fully saturated rings. The fourth-order valence-corrected chi connectivity index (χ4v) is 1.61. The lowest BCUT2D eigenvalue weighted by molar-refractivity contribution is 0.364. The number of rotatable bonds is 2. The molecule has 0 unspecified atom stereocenters. The zero-order chi connectivity index (χ0) is 10.8. The van der Waals surface area contributed by atoms with Crippen LogP contribution in [0.1, 0.15) is 25.3 Å². The molecule has 0 amide bonds. The minimum atomic E-state index is -0.0103. The maximum atomic E-state index is 9.56. The van der Waals surface area contributed by atoms with Gasteiger partial charge in [-0.2, -0.15) is 0 Å². The van der Waals surface area contributed by atoms with Crippen LogP contribution in [0.15, 0.2) is 34.9 Å². The van der Waals surface area contributed by atoms with Crippen molar-refractivity contribution in [1.82, 2.24) is 5.16 Å². The van der Waals surface area contributed by atoms with Gasteiger partial charge in [-0.3, -0.25) is 0 Å². The molecule has 15 heavy (non-hydrogen) atoms. The van der Waals surface area contributed by atoms with Crippen LogP contribution in [0, 0.1) is 0 Å². The Kier molecular flexibility index (Phi) is 2.46. The average Bonchev–Trinajstić information content (AvgIpc) is 2.61. The smallest absolute Gasteiger partial charge is 0.255 e. The summed E-state index contributed by atoms with van der Waals surface area (Å²) in [6.45, 7) is 4.00. The molecule has 1 aromatic carbocycles. The van der Waals surface area contributed by atoms with E-state index in [1.807, 2.05) is 44.2 Å². The Morgan fingerprint density at radius 3 is 2.47 bits per heavy atom. The third kappa shape index (κ3) is 1.73. The van der Waals surface area contributed by atoms with Crippen molar-refractivity contribution < 1.29 is 9.63 Å². The number of nitrogens with zero attached hydrogens (tertiary/aromatic N) is 1. The van der Waals surface area contributed by atoms with Gasteiger partial charge in [-0.05, 0) is 11.1 Å². The van der Waals surface area contributed by atoms with Crippen LogP contribution in [-0.4, -0.2) is 10.3 Å². The van der Waals surface area contributed by atoms with E-state index in [-0.39, 0.29) is 11.8 Å². The first-order valence-electron chi connectivity index (χ1n) is 4.94. The SMILES string of the molecule is CC(C)c1c(O)noc1-c1ccccc1. The van der Waals surface area contributed by atoms with Crippen LogP contribution in [0.25, 0.3) is 11.3 Å². The molecular weight excluding hydrogens is 190 g/mol. The topological polar surface area (TPSA) is 46.3 Å². The summed E-state index contributed by atoms with van der Waals surface area (Å²) in [5.74, 6) is 0.832. The highest BCUT2D eigenvalue weighted by Gasteiger charge is 2.19. The largest absolute Gasteiger partial charge is 0.491 e. The zero-order valence-corrected chi connectivity index (χ0v) is 8.77. The Labute approximate surface area is 88.3 Å². The average molecular weight is 203 g/mol. The first-order chi connectivity index (χ1) is 7.20. The first-order valence-corrected chi connectivity index (χ1v) is 4.94. The van der Waals surface area contributed by atoms with Gasteiger partial charge in [-0.1, -0.05) is 44.2 Å². The summed E-state index contributed by atoms with van der Waals surface area (Å²) in [5, 5.41) is 13.2. The molecule has 0 aliphatic heterocycles. The Hall–Kier alpha value is -1.77. The van der Waals surface area contributed by atoms with Gasteiger partial charge in [0.05, 0.1) is 5.56 Å². The molecule has 0 atom stereocenters. The summed E-state index contributed by atoms with van der Waals surface area (Å²) in [6, 6.07) is 9.67. The van der Waals surface area contributed by atoms with E-state index < -0.39 is 0 Å². The molecule has 1 heterocycles. The van der Waals surface area contributed by atoms with Gasteiger partial charge in [0, 0.05) is 5.56 Å². The monoisotopic (exact) mass is 203 g/mol. The van der Waals surface area contributed by atoms with E-state index in [1.165, 1.54) is 0 Å². The van der Waals surface area contributed by atoms with E-state index in [1.54, 1.807) is 0 Å². The van der Waals surface area contributed by atoms with Gasteiger partial charge in [0.2, 0.25) is 0 Å². The lowest BCUT2D eigenvalue weighted by Gasteiger charge is -2.03. The van der Waals surface area contributed by atoms with Crippen LogP contribution in [-0.2, 0) is 0 Å². The van der Waals surface area contributed by atoms with Crippen LogP contribution in [0.5, 0.6) is 5.88 Å². The van der Waals surface area contributed by atoms with Gasteiger partial charge < -0.3 is 9.63 Å². The minimum Gasteiger partial charge on any atom is -0.491 e. The van der Waals surface area contributed by atoms with E-state index in [2.05, 4.69) is 5.16 Å². The van der Waals surface area contributed by atoms with E-state index in [0.29, 0.717) is 5.76 Å². The van der Waals surface area contributed by atoms with Crippen molar-refractivity contribution in [3.05, 3.63) is 35.9 Å². The molecule has 0 radical (unpaired) electrons. The van der Waals surface area contributed by atoms with Crippen LogP contribution in [0.4, 0.5) is 0 Å². The highest BCUT2D eigenvalue weighted by Crippen LogP contribution is 2.34. The summed E-state index contributed by atoms with van der Waals surface area (Å²) >= 11 is 0. The van der Waals surface area contributed by atoms with Crippen molar-refractivity contribution in [3.63, 3.8) is 0 Å². The highest BCUT2D eigenvalue weighted by atomic mass is 16.5. The number of aromatic nitrogens is 1. The molecule has 1 N–H and O–H groups in total. The number of aromatic hydroxyl groups is 1. The van der Waals surface area contributed by atoms with E-state index >= 15 is 0 Å². The predicted molar refractivity (Wildman–Crippen MR) is 57.7 cm³/mol. The van der Waals surface area contributed by atoms with Gasteiger partial charge in [-0.15, -0.1) is 0 Å². The summed E-state index contributed by atoms with van der Waals surface area (Å²) in [4.78, 5) is 0. The Morgan fingerprint density at radius 1 is 1.20 bits per heavy atom. The molecule has 2 rings (SSSR count). The van der Waals surface area contributed by atoms with Gasteiger partial charge in [-0.25, -0.2) is 0 Å². The van der Waals surface area contributed by atoms with Crippen LogP contribution < -0.4 is 0 Å². The molecular formula is C12H13NO2. The number of benzene rings is 1. The molecule has 2 aromatic rings. The fraction of sp³-hybridized carbons (Fsp3) is 0.250. The number of hydrogen-bond acceptors (Lipinski definition) is 3. The van der Waals surface area contributed by atoms with Crippen molar-refractivity contribution in [2.75, 3.05) is 0 Å². The minimum absolute atomic E-state index is 0.0103. The molecule has 0 aliphatic carbocycles. The normalized spacial score (nSPS) is 10.9. The zero-order valence-electron chi connectivity index (χ0n) is 8.77. The highest BCUT2D eigenvalue weighted by molar-refractivity contribution is 5.63. The van der Waals surface area contributed by atoms with Crippen LogP contribution in [0.3, 0.4) is 0 Å². The van der Waals surface area contributed by atoms with E-state index in [4.69, 9.17) is 4.52 Å². The molecule has 0 spiro atoms. The summed E-state index contributed by atoms with van der Waals surface area (Å²) < 4.78 is 5.14. The van der Waals surface area contributed by atoms with Crippen molar-refractivity contribution in [2.24, 2.45) is 0 Å². The lowest BCUT2D eigenvalue weighted by atomic mass is 10.00. The van der Waals surface area contributed by atoms with Gasteiger partial charge in [0.15, 0.2) is 5.76 Å². The predicted octanol–water partition coefficient (Wildman–Crippen LogP) is 3.17. The fourth-order valence-electron chi connectivity index (χ4n) is 1.61. The second kappa shape index (κ2) is 3.77. The van der Waals surface area contributed by atoms with Crippen LogP contribution in [0.2, 0.25) is 0 Å². The quantitative estimate of drug-likeness (QED) is 0.815. The van der Waals surface area contributed by atoms with Crippen molar-refractivity contribution in [3.8, 4) is 17.2 Å². The van der Waals surface area contributed by atoms with Crippen molar-refractivity contribution in [2.45, 2.75) is 19.8 Å². The van der Waals surface area contributed by atoms with Crippen molar-refractivity contribution >= 4 is 0 Å². The molecule has 0 bridgehead atoms. The summed E-state index contributed by atoms with van der Waals surface area (Å²) in [6.07, 6.45) is 0.